The van der Waals surface area contributed by atoms with Crippen LogP contribution in [0.15, 0.2) is 90.1 Å². The zero-order valence-electron chi connectivity index (χ0n) is 16.4. The SMILES string of the molecule is O=c1c(-c2ccccc2)cnc2nc(NCc3ccc(Oc4ccncc4)cc3)[nH]n12. The van der Waals surface area contributed by atoms with Gasteiger partial charge in [0.05, 0.1) is 5.56 Å². The van der Waals surface area contributed by atoms with E-state index in [0.717, 1.165) is 22.6 Å². The van der Waals surface area contributed by atoms with Crippen LogP contribution in [0.25, 0.3) is 16.9 Å². The fourth-order valence-electron chi connectivity index (χ4n) is 3.16. The van der Waals surface area contributed by atoms with E-state index in [9.17, 15) is 4.79 Å². The first-order chi connectivity index (χ1) is 15.3. The van der Waals surface area contributed by atoms with Crippen LogP contribution in [0.3, 0.4) is 0 Å². The Morgan fingerprint density at radius 1 is 0.935 bits per heavy atom. The van der Waals surface area contributed by atoms with Gasteiger partial charge in [0.1, 0.15) is 11.5 Å². The first-order valence-electron chi connectivity index (χ1n) is 9.70. The van der Waals surface area contributed by atoms with Crippen LogP contribution in [0.5, 0.6) is 11.5 Å². The van der Waals surface area contributed by atoms with Crippen LogP contribution in [0, 0.1) is 0 Å². The molecule has 0 atom stereocenters. The number of aromatic amines is 1. The Morgan fingerprint density at radius 3 is 2.45 bits per heavy atom. The molecule has 2 N–H and O–H groups in total. The maximum atomic E-state index is 12.8. The molecule has 0 aliphatic heterocycles. The minimum Gasteiger partial charge on any atom is -0.457 e. The topological polar surface area (TPSA) is 97.2 Å². The summed E-state index contributed by atoms with van der Waals surface area (Å²) >= 11 is 0. The van der Waals surface area contributed by atoms with Crippen LogP contribution < -0.4 is 15.6 Å². The second kappa shape index (κ2) is 8.11. The molecule has 0 aliphatic rings. The van der Waals surface area contributed by atoms with E-state index >= 15 is 0 Å². The van der Waals surface area contributed by atoms with Gasteiger partial charge in [0.15, 0.2) is 0 Å². The Hall–Kier alpha value is -4.46. The number of nitrogens with one attached hydrogen (secondary N) is 2. The van der Waals surface area contributed by atoms with E-state index in [0.29, 0.717) is 23.8 Å². The number of hydrogen-bond donors (Lipinski definition) is 2. The van der Waals surface area contributed by atoms with E-state index in [-0.39, 0.29) is 5.56 Å². The molecule has 0 bridgehead atoms. The number of nitrogens with zero attached hydrogens (tertiary/aromatic N) is 4. The molecule has 2 aromatic carbocycles. The molecule has 0 saturated heterocycles. The van der Waals surface area contributed by atoms with Crippen molar-refractivity contribution in [2.24, 2.45) is 0 Å². The zero-order chi connectivity index (χ0) is 21.0. The average Bonchev–Trinajstić information content (AvgIpc) is 3.24. The Morgan fingerprint density at radius 2 is 1.68 bits per heavy atom. The Balaban J connectivity index is 1.30. The number of anilines is 1. The van der Waals surface area contributed by atoms with E-state index in [4.69, 9.17) is 4.74 Å². The lowest BCUT2D eigenvalue weighted by atomic mass is 10.1. The highest BCUT2D eigenvalue weighted by atomic mass is 16.5. The van der Waals surface area contributed by atoms with Crippen LogP contribution >= 0.6 is 0 Å². The van der Waals surface area contributed by atoms with Gasteiger partial charge in [0, 0.05) is 25.1 Å². The van der Waals surface area contributed by atoms with Gasteiger partial charge >= 0.3 is 0 Å². The van der Waals surface area contributed by atoms with Crippen molar-refractivity contribution in [3.8, 4) is 22.6 Å². The largest absolute Gasteiger partial charge is 0.457 e. The summed E-state index contributed by atoms with van der Waals surface area (Å²) < 4.78 is 7.12. The molecule has 3 heterocycles. The first-order valence-corrected chi connectivity index (χ1v) is 9.70. The molecule has 0 amide bonds. The average molecular weight is 410 g/mol. The van der Waals surface area contributed by atoms with E-state index in [1.54, 1.807) is 30.7 Å². The van der Waals surface area contributed by atoms with Crippen molar-refractivity contribution in [3.05, 3.63) is 101 Å². The maximum absolute atomic E-state index is 12.8. The van der Waals surface area contributed by atoms with Crippen molar-refractivity contribution in [3.63, 3.8) is 0 Å². The van der Waals surface area contributed by atoms with Gasteiger partial charge in [-0.1, -0.05) is 42.5 Å². The first kappa shape index (κ1) is 18.6. The number of hydrogen-bond acceptors (Lipinski definition) is 6. The molecule has 5 aromatic rings. The lowest BCUT2D eigenvalue weighted by molar-refractivity contribution is 0.482. The number of aromatic nitrogens is 5. The van der Waals surface area contributed by atoms with Gasteiger partial charge < -0.3 is 10.1 Å². The monoisotopic (exact) mass is 410 g/mol. The lowest BCUT2D eigenvalue weighted by Crippen LogP contribution is -2.17. The number of ether oxygens (including phenoxy) is 1. The van der Waals surface area contributed by atoms with Crippen LogP contribution in [0.1, 0.15) is 5.56 Å². The minimum absolute atomic E-state index is 0.200. The van der Waals surface area contributed by atoms with Gasteiger partial charge in [0.2, 0.25) is 5.95 Å². The predicted molar refractivity (Wildman–Crippen MR) is 117 cm³/mol. The predicted octanol–water partition coefficient (Wildman–Crippen LogP) is 3.88. The molecule has 0 aliphatic carbocycles. The molecule has 0 saturated carbocycles. The molecule has 0 fully saturated rings. The van der Waals surface area contributed by atoms with Crippen LogP contribution in [-0.4, -0.2) is 24.6 Å². The maximum Gasteiger partial charge on any atom is 0.281 e. The summed E-state index contributed by atoms with van der Waals surface area (Å²) in [5, 5.41) is 6.17. The molecule has 3 aromatic heterocycles. The van der Waals surface area contributed by atoms with Gasteiger partial charge in [-0.2, -0.15) is 9.50 Å². The van der Waals surface area contributed by atoms with Gasteiger partial charge in [-0.05, 0) is 35.4 Å². The third-order valence-electron chi connectivity index (χ3n) is 4.73. The summed E-state index contributed by atoms with van der Waals surface area (Å²) in [5.74, 6) is 2.25. The number of H-pyrrole nitrogens is 1. The quantitative estimate of drug-likeness (QED) is 0.441. The smallest absolute Gasteiger partial charge is 0.281 e. The number of benzene rings is 2. The van der Waals surface area contributed by atoms with Crippen molar-refractivity contribution in [1.82, 2.24) is 24.6 Å². The molecule has 31 heavy (non-hydrogen) atoms. The van der Waals surface area contributed by atoms with Crippen molar-refractivity contribution in [1.29, 1.82) is 0 Å². The van der Waals surface area contributed by atoms with E-state index in [2.05, 4.69) is 25.4 Å². The second-order valence-electron chi connectivity index (χ2n) is 6.83. The van der Waals surface area contributed by atoms with E-state index in [1.807, 2.05) is 54.6 Å². The number of rotatable bonds is 6. The lowest BCUT2D eigenvalue weighted by Gasteiger charge is -2.07. The number of fused-ring (bicyclic) bond motifs is 1. The highest BCUT2D eigenvalue weighted by Crippen LogP contribution is 2.21. The molecular weight excluding hydrogens is 392 g/mol. The summed E-state index contributed by atoms with van der Waals surface area (Å²) in [7, 11) is 0. The van der Waals surface area contributed by atoms with Crippen LogP contribution in [-0.2, 0) is 6.54 Å². The molecule has 0 spiro atoms. The van der Waals surface area contributed by atoms with Crippen molar-refractivity contribution >= 4 is 11.7 Å². The van der Waals surface area contributed by atoms with Crippen molar-refractivity contribution in [2.45, 2.75) is 6.54 Å². The Labute approximate surface area is 177 Å². The van der Waals surface area contributed by atoms with E-state index in [1.165, 1.54) is 4.52 Å². The Kier molecular flexibility index (Phi) is 4.86. The van der Waals surface area contributed by atoms with E-state index < -0.39 is 0 Å². The fourth-order valence-corrected chi connectivity index (χ4v) is 3.16. The summed E-state index contributed by atoms with van der Waals surface area (Å²) in [5.41, 5.74) is 2.16. The highest BCUT2D eigenvalue weighted by molar-refractivity contribution is 5.62. The van der Waals surface area contributed by atoms with Crippen LogP contribution in [0.4, 0.5) is 5.95 Å². The number of pyridine rings is 1. The minimum atomic E-state index is -0.200. The van der Waals surface area contributed by atoms with Gasteiger partial charge in [-0.3, -0.25) is 14.9 Å². The molecule has 0 radical (unpaired) electrons. The van der Waals surface area contributed by atoms with Gasteiger partial charge in [-0.15, -0.1) is 0 Å². The Bertz CT molecular complexity index is 1360. The molecular formula is C23H18N6O2. The third-order valence-corrected chi connectivity index (χ3v) is 4.73. The second-order valence-corrected chi connectivity index (χ2v) is 6.83. The molecule has 8 nitrogen and oxygen atoms in total. The fraction of sp³-hybridized carbons (Fsp3) is 0.0435. The normalized spacial score (nSPS) is 10.8. The summed E-state index contributed by atoms with van der Waals surface area (Å²) in [6.45, 7) is 0.523. The van der Waals surface area contributed by atoms with Crippen molar-refractivity contribution < 1.29 is 4.74 Å². The third kappa shape index (κ3) is 3.99. The summed E-state index contributed by atoms with van der Waals surface area (Å²) in [6, 6.07) is 20.8. The molecule has 5 rings (SSSR count). The van der Waals surface area contributed by atoms with Gasteiger partial charge in [-0.25, -0.2) is 4.98 Å². The zero-order valence-corrected chi connectivity index (χ0v) is 16.4. The molecule has 8 heteroatoms. The van der Waals surface area contributed by atoms with Crippen LogP contribution in [0.2, 0.25) is 0 Å². The molecule has 0 unspecified atom stereocenters. The molecule has 152 valence electrons. The summed E-state index contributed by atoms with van der Waals surface area (Å²) in [6.07, 6.45) is 4.92. The van der Waals surface area contributed by atoms with Crippen molar-refractivity contribution in [2.75, 3.05) is 5.32 Å². The standard InChI is InChI=1S/C23H18N6O2/c30-21-20(17-4-2-1-3-5-17)15-26-23-27-22(28-29(21)23)25-14-16-6-8-18(9-7-16)31-19-10-12-24-13-11-19/h1-13,15H,14H2,(H2,25,26,27,28). The van der Waals surface area contributed by atoms with Gasteiger partial charge in [0.25, 0.3) is 11.3 Å². The highest BCUT2D eigenvalue weighted by Gasteiger charge is 2.11. The summed E-state index contributed by atoms with van der Waals surface area (Å²) in [4.78, 5) is 25.4.